The highest BCUT2D eigenvalue weighted by atomic mass is 16.5. The average molecular weight is 264 g/mol. The van der Waals surface area contributed by atoms with E-state index in [2.05, 4.69) is 11.9 Å². The number of rotatable bonds is 4. The molecule has 1 aliphatic carbocycles. The first-order chi connectivity index (χ1) is 9.10. The highest BCUT2D eigenvalue weighted by Gasteiger charge is 2.26. The number of likely N-dealkylation sites (N-methyl/N-ethyl adjacent to an activating group) is 1. The van der Waals surface area contributed by atoms with Crippen molar-refractivity contribution in [1.82, 2.24) is 4.90 Å². The quantitative estimate of drug-likeness (QED) is 0.817. The van der Waals surface area contributed by atoms with E-state index >= 15 is 0 Å². The third-order valence-corrected chi connectivity index (χ3v) is 3.92. The van der Waals surface area contributed by atoms with Crippen LogP contribution in [0, 0.1) is 0 Å². The Balaban J connectivity index is 2.05. The third-order valence-electron chi connectivity index (χ3n) is 3.92. The molecule has 0 bridgehead atoms. The van der Waals surface area contributed by atoms with Crippen LogP contribution in [0.5, 0.6) is 5.75 Å². The zero-order valence-electron chi connectivity index (χ0n) is 11.8. The zero-order chi connectivity index (χ0) is 13.8. The van der Waals surface area contributed by atoms with E-state index in [0.717, 1.165) is 37.1 Å². The van der Waals surface area contributed by atoms with E-state index in [1.165, 1.54) is 6.42 Å². The molecule has 0 amide bonds. The van der Waals surface area contributed by atoms with Crippen LogP contribution in [0.25, 0.3) is 0 Å². The number of methoxy groups -OCH3 is 1. The van der Waals surface area contributed by atoms with Crippen molar-refractivity contribution >= 4 is 5.69 Å². The molecule has 106 valence electrons. The molecule has 0 aliphatic heterocycles. The second-order valence-corrected chi connectivity index (χ2v) is 5.45. The molecular weight excluding hydrogens is 240 g/mol. The summed E-state index contributed by atoms with van der Waals surface area (Å²) in [6, 6.07) is 6.04. The largest absolute Gasteiger partial charge is 0.497 e. The first-order valence-electron chi connectivity index (χ1n) is 6.92. The van der Waals surface area contributed by atoms with Gasteiger partial charge >= 0.3 is 0 Å². The van der Waals surface area contributed by atoms with Crippen LogP contribution in [-0.2, 0) is 6.54 Å². The number of nitrogens with two attached hydrogens (primary N) is 1. The normalized spacial score (nSPS) is 23.6. The van der Waals surface area contributed by atoms with Crippen LogP contribution in [-0.4, -0.2) is 36.3 Å². The number of nitrogens with zero attached hydrogens (tertiary/aromatic N) is 1. The van der Waals surface area contributed by atoms with Crippen LogP contribution < -0.4 is 10.5 Å². The Morgan fingerprint density at radius 1 is 1.32 bits per heavy atom. The topological polar surface area (TPSA) is 58.7 Å². The summed E-state index contributed by atoms with van der Waals surface area (Å²) < 4.78 is 5.24. The van der Waals surface area contributed by atoms with Gasteiger partial charge in [-0.05, 0) is 37.6 Å². The van der Waals surface area contributed by atoms with Gasteiger partial charge in [-0.3, -0.25) is 4.90 Å². The molecule has 0 spiro atoms. The smallest absolute Gasteiger partial charge is 0.121 e. The predicted molar refractivity (Wildman–Crippen MR) is 77.1 cm³/mol. The van der Waals surface area contributed by atoms with Crippen LogP contribution in [0.2, 0.25) is 0 Å². The van der Waals surface area contributed by atoms with E-state index in [9.17, 15) is 5.11 Å². The Bertz CT molecular complexity index is 423. The van der Waals surface area contributed by atoms with Crippen LogP contribution in [0.15, 0.2) is 18.2 Å². The van der Waals surface area contributed by atoms with Crippen molar-refractivity contribution < 1.29 is 9.84 Å². The monoisotopic (exact) mass is 264 g/mol. The van der Waals surface area contributed by atoms with Gasteiger partial charge in [-0.1, -0.05) is 12.8 Å². The van der Waals surface area contributed by atoms with Crippen molar-refractivity contribution in [2.45, 2.75) is 44.4 Å². The lowest BCUT2D eigenvalue weighted by molar-refractivity contribution is 0.0288. The molecule has 1 saturated carbocycles. The fourth-order valence-corrected chi connectivity index (χ4v) is 2.91. The van der Waals surface area contributed by atoms with Gasteiger partial charge in [0.1, 0.15) is 5.75 Å². The average Bonchev–Trinajstić information content (AvgIpc) is 2.38. The summed E-state index contributed by atoms with van der Waals surface area (Å²) in [5, 5.41) is 10.1. The number of benzene rings is 1. The molecule has 0 saturated heterocycles. The SMILES string of the molecule is COc1cc(N)cc(CN(C)C2CCCCC2O)c1. The molecular formula is C15H24N2O2. The van der Waals surface area contributed by atoms with Crippen molar-refractivity contribution in [2.75, 3.05) is 19.9 Å². The Morgan fingerprint density at radius 2 is 2.05 bits per heavy atom. The second-order valence-electron chi connectivity index (χ2n) is 5.45. The summed E-state index contributed by atoms with van der Waals surface area (Å²) in [6.07, 6.45) is 4.11. The molecule has 3 N–H and O–H groups in total. The van der Waals surface area contributed by atoms with Crippen LogP contribution in [0.3, 0.4) is 0 Å². The van der Waals surface area contributed by atoms with Crippen molar-refractivity contribution in [1.29, 1.82) is 0 Å². The molecule has 2 atom stereocenters. The number of nitrogen functional groups attached to an aromatic ring is 1. The summed E-state index contributed by atoms with van der Waals surface area (Å²) >= 11 is 0. The van der Waals surface area contributed by atoms with Gasteiger partial charge in [-0.2, -0.15) is 0 Å². The van der Waals surface area contributed by atoms with E-state index in [1.54, 1.807) is 7.11 Å². The van der Waals surface area contributed by atoms with Crippen molar-refractivity contribution in [3.63, 3.8) is 0 Å². The maximum absolute atomic E-state index is 10.1. The van der Waals surface area contributed by atoms with Gasteiger partial charge < -0.3 is 15.6 Å². The molecule has 1 aromatic carbocycles. The van der Waals surface area contributed by atoms with Crippen LogP contribution in [0.1, 0.15) is 31.2 Å². The van der Waals surface area contributed by atoms with Gasteiger partial charge in [0.25, 0.3) is 0 Å². The molecule has 0 radical (unpaired) electrons. The molecule has 2 unspecified atom stereocenters. The van der Waals surface area contributed by atoms with Gasteiger partial charge in [0.15, 0.2) is 0 Å². The van der Waals surface area contributed by atoms with Gasteiger partial charge in [0, 0.05) is 24.3 Å². The molecule has 0 aromatic heterocycles. The Morgan fingerprint density at radius 3 is 2.74 bits per heavy atom. The van der Waals surface area contributed by atoms with Gasteiger partial charge in [0.2, 0.25) is 0 Å². The minimum Gasteiger partial charge on any atom is -0.497 e. The van der Waals surface area contributed by atoms with E-state index in [0.29, 0.717) is 5.69 Å². The molecule has 0 heterocycles. The third kappa shape index (κ3) is 3.61. The maximum Gasteiger partial charge on any atom is 0.121 e. The number of hydrogen-bond donors (Lipinski definition) is 2. The first kappa shape index (κ1) is 14.2. The second kappa shape index (κ2) is 6.26. The van der Waals surface area contributed by atoms with E-state index < -0.39 is 0 Å². The van der Waals surface area contributed by atoms with Gasteiger partial charge in [0.05, 0.1) is 13.2 Å². The Labute approximate surface area is 115 Å². The van der Waals surface area contributed by atoms with E-state index in [4.69, 9.17) is 10.5 Å². The molecule has 1 fully saturated rings. The summed E-state index contributed by atoms with van der Waals surface area (Å²) in [4.78, 5) is 2.22. The predicted octanol–water partition coefficient (Wildman–Crippen LogP) is 2.01. The fraction of sp³-hybridized carbons (Fsp3) is 0.600. The first-order valence-corrected chi connectivity index (χ1v) is 6.92. The highest BCUT2D eigenvalue weighted by molar-refractivity contribution is 5.47. The number of aliphatic hydroxyl groups is 1. The summed E-state index contributed by atoms with van der Waals surface area (Å²) in [5.74, 6) is 0.785. The Kier molecular flexibility index (Phi) is 4.66. The van der Waals surface area contributed by atoms with E-state index in [1.807, 2.05) is 18.2 Å². The number of aliphatic hydroxyl groups excluding tert-OH is 1. The molecule has 1 aromatic rings. The minimum atomic E-state index is -0.207. The van der Waals surface area contributed by atoms with Crippen molar-refractivity contribution in [3.05, 3.63) is 23.8 Å². The molecule has 4 nitrogen and oxygen atoms in total. The minimum absolute atomic E-state index is 0.207. The maximum atomic E-state index is 10.1. The standard InChI is InChI=1S/C15H24N2O2/c1-17(14-5-3-4-6-15(14)18)10-11-7-12(16)9-13(8-11)19-2/h7-9,14-15,18H,3-6,10,16H2,1-2H3. The number of ether oxygens (including phenoxy) is 1. The Hall–Kier alpha value is -1.26. The highest BCUT2D eigenvalue weighted by Crippen LogP contribution is 2.25. The molecule has 2 rings (SSSR count). The molecule has 19 heavy (non-hydrogen) atoms. The number of hydrogen-bond acceptors (Lipinski definition) is 4. The lowest BCUT2D eigenvalue weighted by Crippen LogP contribution is -2.42. The van der Waals surface area contributed by atoms with Gasteiger partial charge in [-0.15, -0.1) is 0 Å². The number of anilines is 1. The van der Waals surface area contributed by atoms with Crippen molar-refractivity contribution in [3.8, 4) is 5.75 Å². The summed E-state index contributed by atoms with van der Waals surface area (Å²) in [5.41, 5.74) is 7.71. The van der Waals surface area contributed by atoms with E-state index in [-0.39, 0.29) is 12.1 Å². The van der Waals surface area contributed by atoms with Crippen molar-refractivity contribution in [2.24, 2.45) is 0 Å². The molecule has 4 heteroatoms. The van der Waals surface area contributed by atoms with Crippen LogP contribution >= 0.6 is 0 Å². The molecule has 1 aliphatic rings. The van der Waals surface area contributed by atoms with Crippen LogP contribution in [0.4, 0.5) is 5.69 Å². The zero-order valence-corrected chi connectivity index (χ0v) is 11.8. The lowest BCUT2D eigenvalue weighted by Gasteiger charge is -2.35. The summed E-state index contributed by atoms with van der Waals surface area (Å²) in [6.45, 7) is 0.781. The lowest BCUT2D eigenvalue weighted by atomic mass is 9.91. The van der Waals surface area contributed by atoms with Gasteiger partial charge in [-0.25, -0.2) is 0 Å². The summed E-state index contributed by atoms with van der Waals surface area (Å²) in [7, 11) is 3.71. The fourth-order valence-electron chi connectivity index (χ4n) is 2.91.